The standard InChI is InChI=1S/C15H19NO4/c17-7-5-11-4-6-16(10-11)15(18)12-2-1-3-13-14(12)20-9-8-19-13/h1-3,11,17H,4-10H2. The third-order valence-corrected chi connectivity index (χ3v) is 3.91. The van der Waals surface area contributed by atoms with Gasteiger partial charge in [-0.25, -0.2) is 0 Å². The summed E-state index contributed by atoms with van der Waals surface area (Å²) in [5.74, 6) is 1.61. The summed E-state index contributed by atoms with van der Waals surface area (Å²) < 4.78 is 11.1. The molecular weight excluding hydrogens is 258 g/mol. The van der Waals surface area contributed by atoms with Gasteiger partial charge in [-0.05, 0) is 30.9 Å². The Morgan fingerprint density at radius 2 is 2.20 bits per heavy atom. The van der Waals surface area contributed by atoms with Crippen LogP contribution in [0.1, 0.15) is 23.2 Å². The molecule has 1 N–H and O–H groups in total. The Kier molecular flexibility index (Phi) is 3.78. The molecule has 1 amide bonds. The number of aliphatic hydroxyl groups is 1. The number of carbonyl (C=O) groups is 1. The number of hydrogen-bond donors (Lipinski definition) is 1. The molecule has 0 aromatic heterocycles. The van der Waals surface area contributed by atoms with Crippen molar-refractivity contribution in [3.63, 3.8) is 0 Å². The van der Waals surface area contributed by atoms with Gasteiger partial charge in [0.15, 0.2) is 11.5 Å². The van der Waals surface area contributed by atoms with Crippen LogP contribution in [0.25, 0.3) is 0 Å². The summed E-state index contributed by atoms with van der Waals surface area (Å²) in [7, 11) is 0. The lowest BCUT2D eigenvalue weighted by Gasteiger charge is -2.23. The molecule has 20 heavy (non-hydrogen) atoms. The number of aliphatic hydroxyl groups excluding tert-OH is 1. The molecule has 1 aromatic carbocycles. The minimum absolute atomic E-state index is 0.00668. The van der Waals surface area contributed by atoms with Gasteiger partial charge in [0.1, 0.15) is 13.2 Å². The molecule has 0 aliphatic carbocycles. The van der Waals surface area contributed by atoms with Crippen LogP contribution < -0.4 is 9.47 Å². The number of amides is 1. The monoisotopic (exact) mass is 277 g/mol. The maximum Gasteiger partial charge on any atom is 0.257 e. The largest absolute Gasteiger partial charge is 0.486 e. The molecule has 1 fully saturated rings. The predicted molar refractivity (Wildman–Crippen MR) is 73.1 cm³/mol. The van der Waals surface area contributed by atoms with Crippen molar-refractivity contribution >= 4 is 5.91 Å². The average Bonchev–Trinajstić information content (AvgIpc) is 2.95. The van der Waals surface area contributed by atoms with Gasteiger partial charge in [0.25, 0.3) is 5.91 Å². The fourth-order valence-electron chi connectivity index (χ4n) is 2.85. The maximum absolute atomic E-state index is 12.6. The Morgan fingerprint density at radius 3 is 3.05 bits per heavy atom. The fourth-order valence-corrected chi connectivity index (χ4v) is 2.85. The first-order valence-corrected chi connectivity index (χ1v) is 7.08. The molecule has 0 bridgehead atoms. The Bertz CT molecular complexity index is 503. The highest BCUT2D eigenvalue weighted by Crippen LogP contribution is 2.35. The van der Waals surface area contributed by atoms with E-state index in [4.69, 9.17) is 14.6 Å². The van der Waals surface area contributed by atoms with E-state index in [0.29, 0.717) is 42.7 Å². The summed E-state index contributed by atoms with van der Waals surface area (Å²) in [5.41, 5.74) is 0.576. The van der Waals surface area contributed by atoms with Crippen LogP contribution in [-0.4, -0.2) is 48.8 Å². The number of benzene rings is 1. The average molecular weight is 277 g/mol. The fraction of sp³-hybridized carbons (Fsp3) is 0.533. The van der Waals surface area contributed by atoms with Gasteiger partial charge in [-0.15, -0.1) is 0 Å². The molecule has 0 spiro atoms. The Hall–Kier alpha value is -1.75. The molecule has 1 unspecified atom stereocenters. The van der Waals surface area contributed by atoms with Crippen LogP contribution in [0, 0.1) is 5.92 Å². The topological polar surface area (TPSA) is 59.0 Å². The van der Waals surface area contributed by atoms with Gasteiger partial charge in [-0.1, -0.05) is 6.07 Å². The van der Waals surface area contributed by atoms with Crippen molar-refractivity contribution in [3.05, 3.63) is 23.8 Å². The smallest absolute Gasteiger partial charge is 0.257 e. The normalized spacial score (nSPS) is 21.1. The maximum atomic E-state index is 12.6. The van der Waals surface area contributed by atoms with Crippen LogP contribution in [0.15, 0.2) is 18.2 Å². The third-order valence-electron chi connectivity index (χ3n) is 3.91. The van der Waals surface area contributed by atoms with Gasteiger partial charge >= 0.3 is 0 Å². The number of fused-ring (bicyclic) bond motifs is 1. The van der Waals surface area contributed by atoms with E-state index in [0.717, 1.165) is 19.4 Å². The van der Waals surface area contributed by atoms with E-state index in [-0.39, 0.29) is 12.5 Å². The summed E-state index contributed by atoms with van der Waals surface area (Å²) in [6, 6.07) is 5.43. The second-order valence-electron chi connectivity index (χ2n) is 5.25. The van der Waals surface area contributed by atoms with E-state index in [1.54, 1.807) is 6.07 Å². The van der Waals surface area contributed by atoms with Gasteiger partial charge in [0.2, 0.25) is 0 Å². The van der Waals surface area contributed by atoms with Gasteiger partial charge in [0, 0.05) is 19.7 Å². The molecule has 1 aromatic rings. The first-order chi connectivity index (χ1) is 9.79. The molecule has 1 saturated heterocycles. The quantitative estimate of drug-likeness (QED) is 0.905. The van der Waals surface area contributed by atoms with Gasteiger partial charge in [-0.3, -0.25) is 4.79 Å². The zero-order valence-electron chi connectivity index (χ0n) is 11.4. The minimum Gasteiger partial charge on any atom is -0.486 e. The van der Waals surface area contributed by atoms with Gasteiger partial charge in [0.05, 0.1) is 5.56 Å². The van der Waals surface area contributed by atoms with Crippen molar-refractivity contribution in [2.45, 2.75) is 12.8 Å². The highest BCUT2D eigenvalue weighted by molar-refractivity contribution is 5.98. The molecule has 2 aliphatic heterocycles. The molecule has 5 nitrogen and oxygen atoms in total. The van der Waals surface area contributed by atoms with Crippen LogP contribution in [0.2, 0.25) is 0 Å². The van der Waals surface area contributed by atoms with Crippen LogP contribution >= 0.6 is 0 Å². The first-order valence-electron chi connectivity index (χ1n) is 7.08. The Morgan fingerprint density at radius 1 is 1.35 bits per heavy atom. The lowest BCUT2D eigenvalue weighted by Crippen LogP contribution is -2.30. The molecule has 2 aliphatic rings. The lowest BCUT2D eigenvalue weighted by atomic mass is 10.1. The molecule has 0 saturated carbocycles. The zero-order chi connectivity index (χ0) is 13.9. The first kappa shape index (κ1) is 13.2. The highest BCUT2D eigenvalue weighted by Gasteiger charge is 2.29. The summed E-state index contributed by atoms with van der Waals surface area (Å²) in [4.78, 5) is 14.4. The summed E-state index contributed by atoms with van der Waals surface area (Å²) in [6.07, 6.45) is 1.72. The number of likely N-dealkylation sites (tertiary alicyclic amines) is 1. The molecule has 2 heterocycles. The number of carbonyl (C=O) groups excluding carboxylic acids is 1. The number of nitrogens with zero attached hydrogens (tertiary/aromatic N) is 1. The highest BCUT2D eigenvalue weighted by atomic mass is 16.6. The van der Waals surface area contributed by atoms with Gasteiger partial charge < -0.3 is 19.5 Å². The lowest BCUT2D eigenvalue weighted by molar-refractivity contribution is 0.0774. The van der Waals surface area contributed by atoms with Crippen molar-refractivity contribution in [3.8, 4) is 11.5 Å². The van der Waals surface area contributed by atoms with E-state index < -0.39 is 0 Å². The molecule has 0 radical (unpaired) electrons. The predicted octanol–water partition coefficient (Wildman–Crippen LogP) is 1.30. The van der Waals surface area contributed by atoms with E-state index in [1.165, 1.54) is 0 Å². The van der Waals surface area contributed by atoms with Gasteiger partial charge in [-0.2, -0.15) is 0 Å². The van der Waals surface area contributed by atoms with E-state index in [2.05, 4.69) is 0 Å². The Labute approximate surface area is 118 Å². The number of hydrogen-bond acceptors (Lipinski definition) is 4. The summed E-state index contributed by atoms with van der Waals surface area (Å²) >= 11 is 0. The van der Waals surface area contributed by atoms with Crippen molar-refractivity contribution in [2.24, 2.45) is 5.92 Å². The third kappa shape index (κ3) is 2.45. The number of ether oxygens (including phenoxy) is 2. The van der Waals surface area contributed by atoms with E-state index in [9.17, 15) is 4.79 Å². The number of para-hydroxylation sites is 1. The Balaban J connectivity index is 1.78. The van der Waals surface area contributed by atoms with Crippen LogP contribution in [0.5, 0.6) is 11.5 Å². The van der Waals surface area contributed by atoms with Crippen molar-refractivity contribution in [1.82, 2.24) is 4.90 Å². The summed E-state index contributed by atoms with van der Waals surface area (Å²) in [5, 5.41) is 8.99. The van der Waals surface area contributed by atoms with Crippen molar-refractivity contribution < 1.29 is 19.4 Å². The van der Waals surface area contributed by atoms with Crippen molar-refractivity contribution in [1.29, 1.82) is 0 Å². The molecular formula is C15H19NO4. The SMILES string of the molecule is O=C(c1cccc2c1OCCO2)N1CCC(CCO)C1. The second-order valence-corrected chi connectivity index (χ2v) is 5.25. The molecule has 108 valence electrons. The summed E-state index contributed by atoms with van der Waals surface area (Å²) in [6.45, 7) is 2.64. The van der Waals surface area contributed by atoms with Crippen LogP contribution in [0.3, 0.4) is 0 Å². The van der Waals surface area contributed by atoms with Crippen molar-refractivity contribution in [2.75, 3.05) is 32.9 Å². The second kappa shape index (κ2) is 5.71. The van der Waals surface area contributed by atoms with E-state index in [1.807, 2.05) is 17.0 Å². The van der Waals surface area contributed by atoms with Crippen LogP contribution in [0.4, 0.5) is 0 Å². The number of rotatable bonds is 3. The molecule has 1 atom stereocenters. The molecule has 5 heteroatoms. The minimum atomic E-state index is -0.00668. The van der Waals surface area contributed by atoms with E-state index >= 15 is 0 Å². The zero-order valence-corrected chi connectivity index (χ0v) is 11.4. The van der Waals surface area contributed by atoms with Crippen LogP contribution in [-0.2, 0) is 0 Å². The molecule has 3 rings (SSSR count).